The number of aryl methyl sites for hydroxylation is 2. The Kier molecular flexibility index (Phi) is 3.78. The van der Waals surface area contributed by atoms with Crippen molar-refractivity contribution in [2.24, 2.45) is 14.1 Å². The monoisotopic (exact) mass is 358 g/mol. The summed E-state index contributed by atoms with van der Waals surface area (Å²) < 4.78 is 30.6. The van der Waals surface area contributed by atoms with Gasteiger partial charge in [-0.1, -0.05) is 0 Å². The van der Waals surface area contributed by atoms with Crippen molar-refractivity contribution >= 4 is 11.6 Å². The number of carbonyl (C=O) groups excluding carboxylic acids is 1. The Bertz CT molecular complexity index is 985. The maximum atomic E-state index is 13.7. The average Bonchev–Trinajstić information content (AvgIpc) is 3.27. The van der Waals surface area contributed by atoms with Gasteiger partial charge in [-0.25, -0.2) is 8.78 Å². The minimum absolute atomic E-state index is 0.0484. The van der Waals surface area contributed by atoms with E-state index in [9.17, 15) is 13.6 Å². The van der Waals surface area contributed by atoms with Crippen LogP contribution in [0.15, 0.2) is 24.5 Å². The number of anilines is 1. The van der Waals surface area contributed by atoms with Gasteiger partial charge in [-0.2, -0.15) is 10.2 Å². The van der Waals surface area contributed by atoms with Crippen molar-refractivity contribution < 1.29 is 13.6 Å². The molecule has 1 saturated carbocycles. The molecule has 1 amide bonds. The van der Waals surface area contributed by atoms with Crippen LogP contribution >= 0.6 is 0 Å². The van der Waals surface area contributed by atoms with Gasteiger partial charge in [0.1, 0.15) is 5.69 Å². The third-order valence-corrected chi connectivity index (χ3v) is 4.36. The van der Waals surface area contributed by atoms with Gasteiger partial charge in [-0.3, -0.25) is 19.1 Å². The maximum absolute atomic E-state index is 13.7. The van der Waals surface area contributed by atoms with E-state index in [2.05, 4.69) is 20.5 Å². The summed E-state index contributed by atoms with van der Waals surface area (Å²) in [6.07, 6.45) is 3.94. The largest absolute Gasteiger partial charge is 0.316 e. The fourth-order valence-electron chi connectivity index (χ4n) is 2.83. The molecule has 3 heterocycles. The summed E-state index contributed by atoms with van der Waals surface area (Å²) in [5.41, 5.74) is 2.03. The standard InChI is InChI=1S/C17H16F2N6O/c1-24-14(5-12(22-24)9-3-4-9)15-6-13(23-25(15)2)17(26)21-16-10(18)7-20-8-11(16)19/h5-9H,3-4H2,1-2H3,(H,20,21,26). The number of rotatable bonds is 4. The summed E-state index contributed by atoms with van der Waals surface area (Å²) in [6, 6.07) is 3.55. The molecule has 9 heteroatoms. The first-order chi connectivity index (χ1) is 12.4. The van der Waals surface area contributed by atoms with Crippen molar-refractivity contribution in [2.75, 3.05) is 5.32 Å². The van der Waals surface area contributed by atoms with Crippen molar-refractivity contribution in [1.82, 2.24) is 24.5 Å². The lowest BCUT2D eigenvalue weighted by Gasteiger charge is -2.04. The molecule has 0 radical (unpaired) electrons. The van der Waals surface area contributed by atoms with Gasteiger partial charge in [-0.05, 0) is 25.0 Å². The number of pyridine rings is 1. The minimum Gasteiger partial charge on any atom is -0.316 e. The van der Waals surface area contributed by atoms with Gasteiger partial charge < -0.3 is 5.32 Å². The fourth-order valence-corrected chi connectivity index (χ4v) is 2.83. The van der Waals surface area contributed by atoms with Gasteiger partial charge in [-0.15, -0.1) is 0 Å². The van der Waals surface area contributed by atoms with Crippen LogP contribution in [0.2, 0.25) is 0 Å². The number of hydrogen-bond donors (Lipinski definition) is 1. The Morgan fingerprint density at radius 2 is 1.69 bits per heavy atom. The van der Waals surface area contributed by atoms with Gasteiger partial charge in [0.25, 0.3) is 5.91 Å². The predicted molar refractivity (Wildman–Crippen MR) is 89.5 cm³/mol. The van der Waals surface area contributed by atoms with Crippen molar-refractivity contribution in [3.63, 3.8) is 0 Å². The lowest BCUT2D eigenvalue weighted by atomic mass is 10.2. The van der Waals surface area contributed by atoms with Gasteiger partial charge in [0.2, 0.25) is 0 Å². The molecule has 3 aromatic heterocycles. The molecule has 4 rings (SSSR count). The van der Waals surface area contributed by atoms with Crippen molar-refractivity contribution in [3.05, 3.63) is 47.5 Å². The predicted octanol–water partition coefficient (Wildman–Crippen LogP) is 2.62. The molecule has 1 aliphatic rings. The normalized spacial score (nSPS) is 13.8. The van der Waals surface area contributed by atoms with E-state index in [1.54, 1.807) is 22.5 Å². The van der Waals surface area contributed by atoms with E-state index in [1.807, 2.05) is 13.1 Å². The molecular weight excluding hydrogens is 342 g/mol. The van der Waals surface area contributed by atoms with Gasteiger partial charge in [0.15, 0.2) is 17.3 Å². The lowest BCUT2D eigenvalue weighted by Crippen LogP contribution is -2.15. The van der Waals surface area contributed by atoms with E-state index in [-0.39, 0.29) is 5.69 Å². The highest BCUT2D eigenvalue weighted by Gasteiger charge is 2.28. The van der Waals surface area contributed by atoms with Crippen LogP contribution in [0, 0.1) is 11.6 Å². The van der Waals surface area contributed by atoms with Crippen LogP contribution in [0.1, 0.15) is 34.9 Å². The number of amides is 1. The molecule has 0 aromatic carbocycles. The number of halogens is 2. The number of nitrogens with one attached hydrogen (secondary N) is 1. The Balaban J connectivity index is 1.63. The second kappa shape index (κ2) is 6.01. The van der Waals surface area contributed by atoms with Crippen LogP contribution in [-0.4, -0.2) is 30.5 Å². The smallest absolute Gasteiger partial charge is 0.276 e. The number of aromatic nitrogens is 5. The van der Waals surface area contributed by atoms with E-state index >= 15 is 0 Å². The number of carbonyl (C=O) groups is 1. The second-order valence-electron chi connectivity index (χ2n) is 6.32. The highest BCUT2D eigenvalue weighted by molar-refractivity contribution is 6.03. The van der Waals surface area contributed by atoms with Gasteiger partial charge in [0.05, 0.1) is 29.5 Å². The summed E-state index contributed by atoms with van der Waals surface area (Å²) in [6.45, 7) is 0. The third kappa shape index (κ3) is 2.85. The van der Waals surface area contributed by atoms with E-state index < -0.39 is 23.2 Å². The van der Waals surface area contributed by atoms with Crippen LogP contribution in [0.3, 0.4) is 0 Å². The number of hydrogen-bond acceptors (Lipinski definition) is 4. The quantitative estimate of drug-likeness (QED) is 0.778. The first-order valence-electron chi connectivity index (χ1n) is 8.12. The highest BCUT2D eigenvalue weighted by atomic mass is 19.1. The molecule has 1 N–H and O–H groups in total. The molecule has 0 spiro atoms. The molecule has 7 nitrogen and oxygen atoms in total. The first kappa shape index (κ1) is 16.4. The lowest BCUT2D eigenvalue weighted by molar-refractivity contribution is 0.102. The van der Waals surface area contributed by atoms with E-state index in [0.717, 1.165) is 36.6 Å². The zero-order valence-electron chi connectivity index (χ0n) is 14.2. The molecule has 3 aromatic rings. The van der Waals surface area contributed by atoms with Crippen LogP contribution in [0.5, 0.6) is 0 Å². The molecule has 0 unspecified atom stereocenters. The van der Waals surface area contributed by atoms with Crippen molar-refractivity contribution in [2.45, 2.75) is 18.8 Å². The zero-order valence-corrected chi connectivity index (χ0v) is 14.2. The zero-order chi connectivity index (χ0) is 18.4. The third-order valence-electron chi connectivity index (χ3n) is 4.36. The van der Waals surface area contributed by atoms with Crippen LogP contribution in [-0.2, 0) is 14.1 Å². The van der Waals surface area contributed by atoms with E-state index in [4.69, 9.17) is 0 Å². The Morgan fingerprint density at radius 1 is 1.08 bits per heavy atom. The molecule has 0 atom stereocenters. The summed E-state index contributed by atoms with van der Waals surface area (Å²) in [4.78, 5) is 15.7. The molecule has 1 fully saturated rings. The Labute approximate surface area is 147 Å². The summed E-state index contributed by atoms with van der Waals surface area (Å²) >= 11 is 0. The van der Waals surface area contributed by atoms with Gasteiger partial charge in [0, 0.05) is 20.0 Å². The average molecular weight is 358 g/mol. The first-order valence-corrected chi connectivity index (χ1v) is 8.12. The Hall–Kier alpha value is -3.10. The summed E-state index contributed by atoms with van der Waals surface area (Å²) in [5, 5.41) is 10.9. The highest BCUT2D eigenvalue weighted by Crippen LogP contribution is 2.40. The Morgan fingerprint density at radius 3 is 2.35 bits per heavy atom. The molecule has 26 heavy (non-hydrogen) atoms. The van der Waals surface area contributed by atoms with E-state index in [0.29, 0.717) is 11.6 Å². The maximum Gasteiger partial charge on any atom is 0.276 e. The summed E-state index contributed by atoms with van der Waals surface area (Å²) in [5.74, 6) is -2.10. The molecule has 1 aliphatic carbocycles. The van der Waals surface area contributed by atoms with E-state index in [1.165, 1.54) is 0 Å². The van der Waals surface area contributed by atoms with Gasteiger partial charge >= 0.3 is 0 Å². The van der Waals surface area contributed by atoms with Crippen LogP contribution < -0.4 is 5.32 Å². The molecule has 0 bridgehead atoms. The van der Waals surface area contributed by atoms with Crippen LogP contribution in [0.25, 0.3) is 11.4 Å². The SMILES string of the molecule is Cn1nc(C(=O)Nc2c(F)cncc2F)cc1-c1cc(C2CC2)nn1C. The number of nitrogens with zero attached hydrogens (tertiary/aromatic N) is 5. The summed E-state index contributed by atoms with van der Waals surface area (Å²) in [7, 11) is 3.53. The van der Waals surface area contributed by atoms with Crippen molar-refractivity contribution in [3.8, 4) is 11.4 Å². The molecular formula is C17H16F2N6O. The van der Waals surface area contributed by atoms with Crippen LogP contribution in [0.4, 0.5) is 14.5 Å². The molecule has 134 valence electrons. The molecule has 0 saturated heterocycles. The second-order valence-corrected chi connectivity index (χ2v) is 6.32. The van der Waals surface area contributed by atoms with Crippen molar-refractivity contribution in [1.29, 1.82) is 0 Å². The minimum atomic E-state index is -0.949. The topological polar surface area (TPSA) is 77.6 Å². The molecule has 0 aliphatic heterocycles. The fraction of sp³-hybridized carbons (Fsp3) is 0.294.